The predicted octanol–water partition coefficient (Wildman–Crippen LogP) is 5.66. The first-order valence-corrected chi connectivity index (χ1v) is 15.0. The lowest BCUT2D eigenvalue weighted by molar-refractivity contribution is -0.335. The van der Waals surface area contributed by atoms with Crippen LogP contribution in [0.15, 0.2) is 30.3 Å². The zero-order valence-electron chi connectivity index (χ0n) is 24.7. The standard InChI is InChI=1S/C29H40FN3O6S/c1-18(2)25-22(15-14-21-16-24(39-29(6,7)38-21)37-23(34)17-28(3,4)5)26(19-10-12-20(30)13-11-19)32-27(31-25)33(8)40(9,35)36/h10-15,18,21,24H,16-17H2,1-9H3/b15-14+/t21-,24+/m1/s1. The number of nitrogens with zero attached hydrogens (tertiary/aromatic N) is 3. The third-order valence-corrected chi connectivity index (χ3v) is 7.26. The van der Waals surface area contributed by atoms with Crippen LogP contribution < -0.4 is 4.31 Å². The maximum Gasteiger partial charge on any atom is 0.308 e. The molecular weight excluding hydrogens is 537 g/mol. The number of esters is 1. The third kappa shape index (κ3) is 8.55. The Morgan fingerprint density at radius 2 is 1.82 bits per heavy atom. The van der Waals surface area contributed by atoms with E-state index in [4.69, 9.17) is 14.2 Å². The minimum Gasteiger partial charge on any atom is -0.435 e. The van der Waals surface area contributed by atoms with Gasteiger partial charge in [-0.3, -0.25) is 4.79 Å². The van der Waals surface area contributed by atoms with Crippen LogP contribution in [-0.4, -0.2) is 55.8 Å². The monoisotopic (exact) mass is 577 g/mol. The number of carbonyl (C=O) groups excluding carboxylic acids is 1. The van der Waals surface area contributed by atoms with Crippen molar-refractivity contribution >= 4 is 28.0 Å². The summed E-state index contributed by atoms with van der Waals surface area (Å²) < 4.78 is 56.9. The molecule has 1 aromatic heterocycles. The van der Waals surface area contributed by atoms with Gasteiger partial charge in [-0.15, -0.1) is 0 Å². The fourth-order valence-electron chi connectivity index (χ4n) is 4.21. The Morgan fingerprint density at radius 1 is 1.20 bits per heavy atom. The van der Waals surface area contributed by atoms with Crippen LogP contribution in [0.2, 0.25) is 0 Å². The smallest absolute Gasteiger partial charge is 0.308 e. The van der Waals surface area contributed by atoms with Crippen molar-refractivity contribution < 1.29 is 31.8 Å². The van der Waals surface area contributed by atoms with Crippen molar-refractivity contribution in [3.05, 3.63) is 47.4 Å². The number of rotatable bonds is 8. The second-order valence-electron chi connectivity index (χ2n) is 12.0. The number of ether oxygens (including phenoxy) is 3. The Labute approximate surface area is 236 Å². The molecule has 1 fully saturated rings. The van der Waals surface area contributed by atoms with Crippen LogP contribution in [0.1, 0.15) is 78.5 Å². The number of hydrogen-bond acceptors (Lipinski definition) is 8. The Hall–Kier alpha value is -2.89. The molecule has 0 bridgehead atoms. The maximum absolute atomic E-state index is 13.8. The summed E-state index contributed by atoms with van der Waals surface area (Å²) in [6, 6.07) is 5.81. The molecule has 1 aromatic carbocycles. The van der Waals surface area contributed by atoms with E-state index in [1.54, 1.807) is 26.0 Å². The zero-order chi connectivity index (χ0) is 30.0. The molecule has 0 N–H and O–H groups in total. The van der Waals surface area contributed by atoms with E-state index in [9.17, 15) is 17.6 Å². The average molecular weight is 578 g/mol. The van der Waals surface area contributed by atoms with Crippen LogP contribution in [0.5, 0.6) is 0 Å². The van der Waals surface area contributed by atoms with Gasteiger partial charge in [0.1, 0.15) is 5.82 Å². The van der Waals surface area contributed by atoms with Crippen LogP contribution in [0.25, 0.3) is 17.3 Å². The number of aromatic nitrogens is 2. The minimum absolute atomic E-state index is 0.0111. The van der Waals surface area contributed by atoms with Crippen LogP contribution in [0.3, 0.4) is 0 Å². The topological polar surface area (TPSA) is 108 Å². The van der Waals surface area contributed by atoms with Crippen molar-refractivity contribution in [2.45, 2.75) is 85.4 Å². The van der Waals surface area contributed by atoms with Crippen LogP contribution in [-0.2, 0) is 29.0 Å². The van der Waals surface area contributed by atoms with E-state index in [2.05, 4.69) is 9.97 Å². The van der Waals surface area contributed by atoms with Crippen LogP contribution in [0, 0.1) is 11.2 Å². The van der Waals surface area contributed by atoms with Crippen molar-refractivity contribution in [2.75, 3.05) is 17.6 Å². The molecule has 0 saturated carbocycles. The Kier molecular flexibility index (Phi) is 9.43. The summed E-state index contributed by atoms with van der Waals surface area (Å²) in [7, 11) is -2.25. The number of hydrogen-bond donors (Lipinski definition) is 0. The summed E-state index contributed by atoms with van der Waals surface area (Å²) in [5.41, 5.74) is 2.06. The molecule has 2 atom stereocenters. The Balaban J connectivity index is 2.04. The number of anilines is 1. The molecule has 0 aliphatic carbocycles. The highest BCUT2D eigenvalue weighted by atomic mass is 32.2. The summed E-state index contributed by atoms with van der Waals surface area (Å²) in [6.45, 7) is 13.3. The Morgan fingerprint density at radius 3 is 2.38 bits per heavy atom. The summed E-state index contributed by atoms with van der Waals surface area (Å²) in [5.74, 6) is -1.86. The van der Waals surface area contributed by atoms with Gasteiger partial charge in [0.2, 0.25) is 22.3 Å². The van der Waals surface area contributed by atoms with E-state index < -0.39 is 34.0 Å². The summed E-state index contributed by atoms with van der Waals surface area (Å²) in [4.78, 5) is 21.7. The quantitative estimate of drug-likeness (QED) is 0.370. The summed E-state index contributed by atoms with van der Waals surface area (Å²) in [6.07, 6.45) is 3.97. The van der Waals surface area contributed by atoms with Crippen molar-refractivity contribution in [1.29, 1.82) is 0 Å². The van der Waals surface area contributed by atoms with Gasteiger partial charge in [0.05, 0.1) is 30.2 Å². The van der Waals surface area contributed by atoms with Gasteiger partial charge in [-0.05, 0) is 49.4 Å². The molecule has 0 spiro atoms. The van der Waals surface area contributed by atoms with Gasteiger partial charge in [-0.1, -0.05) is 46.8 Å². The maximum atomic E-state index is 13.8. The third-order valence-electron chi connectivity index (χ3n) is 6.10. The lowest BCUT2D eigenvalue weighted by atomic mass is 9.92. The minimum atomic E-state index is -3.63. The molecule has 1 aliphatic heterocycles. The molecule has 9 nitrogen and oxygen atoms in total. The molecule has 40 heavy (non-hydrogen) atoms. The highest BCUT2D eigenvalue weighted by molar-refractivity contribution is 7.92. The normalized spacial score (nSPS) is 19.7. The number of halogens is 1. The first-order valence-electron chi connectivity index (χ1n) is 13.2. The Bertz CT molecular complexity index is 1350. The highest BCUT2D eigenvalue weighted by Crippen LogP contribution is 2.34. The second-order valence-corrected chi connectivity index (χ2v) is 14.0. The van der Waals surface area contributed by atoms with Gasteiger partial charge in [-0.2, -0.15) is 0 Å². The van der Waals surface area contributed by atoms with Gasteiger partial charge in [0.25, 0.3) is 0 Å². The van der Waals surface area contributed by atoms with Gasteiger partial charge < -0.3 is 14.2 Å². The molecule has 2 aromatic rings. The number of carbonyl (C=O) groups is 1. The largest absolute Gasteiger partial charge is 0.435 e. The average Bonchev–Trinajstić information content (AvgIpc) is 2.79. The van der Waals surface area contributed by atoms with E-state index in [0.717, 1.165) is 10.6 Å². The van der Waals surface area contributed by atoms with E-state index >= 15 is 0 Å². The van der Waals surface area contributed by atoms with E-state index in [0.29, 0.717) is 22.5 Å². The van der Waals surface area contributed by atoms with Crippen molar-refractivity contribution in [2.24, 2.45) is 5.41 Å². The fourth-order valence-corrected chi connectivity index (χ4v) is 4.58. The number of sulfonamides is 1. The molecule has 11 heteroatoms. The highest BCUT2D eigenvalue weighted by Gasteiger charge is 2.37. The lowest BCUT2D eigenvalue weighted by Gasteiger charge is -2.39. The van der Waals surface area contributed by atoms with Gasteiger partial charge in [0, 0.05) is 24.6 Å². The van der Waals surface area contributed by atoms with Gasteiger partial charge in [-0.25, -0.2) is 27.1 Å². The molecular formula is C29H40FN3O6S. The molecule has 0 amide bonds. The van der Waals surface area contributed by atoms with Crippen molar-refractivity contribution in [1.82, 2.24) is 9.97 Å². The zero-order valence-corrected chi connectivity index (χ0v) is 25.5. The summed E-state index contributed by atoms with van der Waals surface area (Å²) in [5, 5.41) is 0. The molecule has 220 valence electrons. The van der Waals surface area contributed by atoms with E-state index in [1.165, 1.54) is 19.2 Å². The summed E-state index contributed by atoms with van der Waals surface area (Å²) >= 11 is 0. The van der Waals surface area contributed by atoms with Gasteiger partial charge >= 0.3 is 5.97 Å². The number of benzene rings is 1. The van der Waals surface area contributed by atoms with Crippen molar-refractivity contribution in [3.8, 4) is 11.3 Å². The van der Waals surface area contributed by atoms with Crippen molar-refractivity contribution in [3.63, 3.8) is 0 Å². The molecule has 2 heterocycles. The van der Waals surface area contributed by atoms with Gasteiger partial charge in [0.15, 0.2) is 5.79 Å². The molecule has 0 radical (unpaired) electrons. The fraction of sp³-hybridized carbons (Fsp3) is 0.552. The van der Waals surface area contributed by atoms with Crippen LogP contribution >= 0.6 is 0 Å². The predicted molar refractivity (Wildman–Crippen MR) is 152 cm³/mol. The molecule has 1 saturated heterocycles. The second kappa shape index (κ2) is 11.9. The molecule has 3 rings (SSSR count). The SMILES string of the molecule is CC(C)c1nc(N(C)S(C)(=O)=O)nc(-c2ccc(F)cc2)c1/C=C/[C@@H]1C[C@@H](OC(=O)CC(C)(C)C)OC(C)(C)O1. The molecule has 0 unspecified atom stereocenters. The lowest BCUT2D eigenvalue weighted by Crippen LogP contribution is -2.45. The first-order chi connectivity index (χ1) is 18.3. The first kappa shape index (κ1) is 31.6. The van der Waals surface area contributed by atoms with E-state index in [1.807, 2.05) is 46.8 Å². The van der Waals surface area contributed by atoms with E-state index in [-0.39, 0.29) is 36.1 Å². The molecule has 1 aliphatic rings. The van der Waals surface area contributed by atoms with Crippen LogP contribution in [0.4, 0.5) is 10.3 Å².